The second-order valence-corrected chi connectivity index (χ2v) is 14.8. The van der Waals surface area contributed by atoms with Gasteiger partial charge in [0.1, 0.15) is 24.3 Å². The van der Waals surface area contributed by atoms with E-state index in [1.165, 1.54) is 47.7 Å². The molecule has 0 spiro atoms. The maximum atomic E-state index is 14.6. The number of rotatable bonds is 11. The van der Waals surface area contributed by atoms with Gasteiger partial charge < -0.3 is 23.7 Å². The zero-order valence-electron chi connectivity index (χ0n) is 29.6. The Morgan fingerprint density at radius 3 is 2.04 bits per heavy atom. The van der Waals surface area contributed by atoms with Crippen molar-refractivity contribution >= 4 is 50.9 Å². The summed E-state index contributed by atoms with van der Waals surface area (Å²) in [5.41, 5.74) is 0.549. The average molecular weight is 778 g/mol. The predicted molar refractivity (Wildman–Crippen MR) is 193 cm³/mol. The molecule has 3 heterocycles. The van der Waals surface area contributed by atoms with Crippen LogP contribution in [0.5, 0.6) is 0 Å². The topological polar surface area (TPSA) is 206 Å². The molecule has 54 heavy (non-hydrogen) atoms. The van der Waals surface area contributed by atoms with Crippen LogP contribution in [0.25, 0.3) is 21.7 Å². The summed E-state index contributed by atoms with van der Waals surface area (Å²) in [6.07, 6.45) is -7.83. The standard InChI is InChI=1S/C37H35N3O12S2/c1-20-8-14-27(15-9-20)54(46,47)39-26-12-10-25(11-13-26)30-17-28(32-7-6-16-53-32)29(18-38)36(45)40(30)37-35(51-24(5)44)34(50-23(4)43)33(49-22(3)42)31(52-37)19-48-21(2)41/h6-17,31,33-35,37,39H,19H2,1-5H3/t31-,33+,34+,35-,37-/m1/s1. The van der Waals surface area contributed by atoms with Crippen LogP contribution < -0.4 is 10.3 Å². The van der Waals surface area contributed by atoms with Crippen molar-refractivity contribution in [2.45, 2.75) is 70.2 Å². The third kappa shape index (κ3) is 8.85. The summed E-state index contributed by atoms with van der Waals surface area (Å²) in [6, 6.07) is 19.2. The van der Waals surface area contributed by atoms with E-state index in [0.29, 0.717) is 10.4 Å². The molecule has 2 aromatic heterocycles. The summed E-state index contributed by atoms with van der Waals surface area (Å²) in [7, 11) is -3.97. The molecule has 4 aromatic rings. The number of aryl methyl sites for hydroxylation is 1. The molecule has 5 rings (SSSR count). The van der Waals surface area contributed by atoms with Gasteiger partial charge in [0.2, 0.25) is 0 Å². The fraction of sp³-hybridized carbons (Fsp3) is 0.297. The fourth-order valence-corrected chi connectivity index (χ4v) is 7.69. The van der Waals surface area contributed by atoms with Crippen molar-refractivity contribution < 1.29 is 51.3 Å². The van der Waals surface area contributed by atoms with E-state index in [4.69, 9.17) is 23.7 Å². The van der Waals surface area contributed by atoms with Crippen LogP contribution in [0.2, 0.25) is 0 Å². The minimum absolute atomic E-state index is 0.0438. The second-order valence-electron chi connectivity index (χ2n) is 12.2. The Labute approximate surface area is 314 Å². The zero-order valence-corrected chi connectivity index (χ0v) is 31.3. The molecule has 0 amide bonds. The largest absolute Gasteiger partial charge is 0.463 e. The van der Waals surface area contributed by atoms with Gasteiger partial charge in [-0.15, -0.1) is 11.3 Å². The summed E-state index contributed by atoms with van der Waals surface area (Å²) in [5, 5.41) is 12.1. The molecule has 1 N–H and O–H groups in total. The molecule has 2 aromatic carbocycles. The van der Waals surface area contributed by atoms with Crippen LogP contribution in [-0.2, 0) is 52.9 Å². The summed E-state index contributed by atoms with van der Waals surface area (Å²) in [5.74, 6) is -3.33. The number of carbonyl (C=O) groups excluding carboxylic acids is 4. The highest BCUT2D eigenvalue weighted by molar-refractivity contribution is 7.92. The molecular formula is C37H35N3O12S2. The van der Waals surface area contributed by atoms with E-state index in [1.54, 1.807) is 35.7 Å². The van der Waals surface area contributed by atoms with E-state index in [2.05, 4.69) is 4.72 Å². The van der Waals surface area contributed by atoms with E-state index in [9.17, 15) is 37.7 Å². The first-order valence-corrected chi connectivity index (χ1v) is 18.7. The van der Waals surface area contributed by atoms with Crippen LogP contribution in [0, 0.1) is 18.3 Å². The van der Waals surface area contributed by atoms with Crippen molar-refractivity contribution in [3.8, 4) is 27.8 Å². The van der Waals surface area contributed by atoms with Crippen LogP contribution in [-0.4, -0.2) is 67.9 Å². The Morgan fingerprint density at radius 2 is 1.48 bits per heavy atom. The second kappa shape index (κ2) is 16.5. The number of pyridine rings is 1. The maximum Gasteiger partial charge on any atom is 0.303 e. The van der Waals surface area contributed by atoms with Crippen molar-refractivity contribution in [1.82, 2.24) is 4.57 Å². The number of sulfonamides is 1. The van der Waals surface area contributed by atoms with Crippen LogP contribution in [0.15, 0.2) is 81.8 Å². The summed E-state index contributed by atoms with van der Waals surface area (Å²) < 4.78 is 58.0. The van der Waals surface area contributed by atoms with Crippen LogP contribution in [0.1, 0.15) is 45.0 Å². The molecule has 1 aliphatic heterocycles. The molecule has 1 aliphatic rings. The number of carbonyl (C=O) groups is 4. The highest BCUT2D eigenvalue weighted by Crippen LogP contribution is 2.39. The monoisotopic (exact) mass is 777 g/mol. The molecule has 5 atom stereocenters. The molecule has 1 fully saturated rings. The Kier molecular flexibility index (Phi) is 12.0. The molecule has 0 bridgehead atoms. The number of anilines is 1. The van der Waals surface area contributed by atoms with Gasteiger partial charge >= 0.3 is 23.9 Å². The van der Waals surface area contributed by atoms with Gasteiger partial charge in [-0.2, -0.15) is 5.26 Å². The molecule has 0 unspecified atom stereocenters. The first-order valence-electron chi connectivity index (χ1n) is 16.3. The number of benzene rings is 2. The molecule has 15 nitrogen and oxygen atoms in total. The quantitative estimate of drug-likeness (QED) is 0.165. The summed E-state index contributed by atoms with van der Waals surface area (Å²) >= 11 is 1.27. The number of hydrogen-bond donors (Lipinski definition) is 1. The summed E-state index contributed by atoms with van der Waals surface area (Å²) in [6.45, 7) is 5.62. The molecule has 1 saturated heterocycles. The van der Waals surface area contributed by atoms with Crippen molar-refractivity contribution in [2.24, 2.45) is 0 Å². The van der Waals surface area contributed by atoms with E-state index < -0.39 is 76.7 Å². The Morgan fingerprint density at radius 1 is 0.870 bits per heavy atom. The highest BCUT2D eigenvalue weighted by Gasteiger charge is 2.53. The number of nitrogens with zero attached hydrogens (tertiary/aromatic N) is 2. The first-order chi connectivity index (χ1) is 25.6. The van der Waals surface area contributed by atoms with Crippen molar-refractivity contribution in [1.29, 1.82) is 5.26 Å². The van der Waals surface area contributed by atoms with Gasteiger partial charge in [-0.05, 0) is 54.3 Å². The van der Waals surface area contributed by atoms with Crippen molar-refractivity contribution in [3.63, 3.8) is 0 Å². The molecule has 0 aliphatic carbocycles. The zero-order chi connectivity index (χ0) is 39.3. The normalized spacial score (nSPS) is 19.5. The molecule has 282 valence electrons. The van der Waals surface area contributed by atoms with E-state index in [0.717, 1.165) is 37.8 Å². The molecule has 17 heteroatoms. The fourth-order valence-electron chi connectivity index (χ4n) is 5.89. The van der Waals surface area contributed by atoms with Crippen LogP contribution in [0.3, 0.4) is 0 Å². The SMILES string of the molecule is CC(=O)OC[C@H]1O[C@@H](n2c(-c3ccc(NS(=O)(=O)c4ccc(C)cc4)cc3)cc(-c3cccs3)c(C#N)c2=O)[C@H](OC(C)=O)[C@@H](OC(C)=O)[C@H]1OC(C)=O. The van der Waals surface area contributed by atoms with Gasteiger partial charge in [0, 0.05) is 43.8 Å². The Hall–Kier alpha value is -5.83. The molecular weight excluding hydrogens is 743 g/mol. The van der Waals surface area contributed by atoms with Gasteiger partial charge in [-0.3, -0.25) is 33.3 Å². The third-order valence-corrected chi connectivity index (χ3v) is 10.4. The van der Waals surface area contributed by atoms with Gasteiger partial charge in [0.15, 0.2) is 24.5 Å². The van der Waals surface area contributed by atoms with Gasteiger partial charge in [0.25, 0.3) is 15.6 Å². The lowest BCUT2D eigenvalue weighted by atomic mass is 9.95. The Bertz CT molecular complexity index is 2260. The number of ether oxygens (including phenoxy) is 5. The molecule has 0 saturated carbocycles. The number of esters is 4. The summed E-state index contributed by atoms with van der Waals surface area (Å²) in [4.78, 5) is 64.4. The molecule has 0 radical (unpaired) electrons. The van der Waals surface area contributed by atoms with E-state index in [-0.39, 0.29) is 27.4 Å². The Balaban J connectivity index is 1.72. The van der Waals surface area contributed by atoms with E-state index >= 15 is 0 Å². The smallest absolute Gasteiger partial charge is 0.303 e. The number of nitriles is 1. The minimum Gasteiger partial charge on any atom is -0.463 e. The first kappa shape index (κ1) is 39.4. The van der Waals surface area contributed by atoms with Crippen LogP contribution >= 0.6 is 11.3 Å². The highest BCUT2D eigenvalue weighted by atomic mass is 32.2. The lowest BCUT2D eigenvalue weighted by Gasteiger charge is -2.45. The van der Waals surface area contributed by atoms with E-state index in [1.807, 2.05) is 13.0 Å². The van der Waals surface area contributed by atoms with Crippen molar-refractivity contribution in [3.05, 3.63) is 93.6 Å². The number of nitrogens with one attached hydrogen (secondary N) is 1. The number of thiophene rings is 1. The lowest BCUT2D eigenvalue weighted by Crippen LogP contribution is -2.61. The number of aromatic nitrogens is 1. The maximum absolute atomic E-state index is 14.6. The van der Waals surface area contributed by atoms with Gasteiger partial charge in [-0.1, -0.05) is 35.9 Å². The number of hydrogen-bond acceptors (Lipinski definition) is 14. The predicted octanol–water partition coefficient (Wildman–Crippen LogP) is 4.48. The average Bonchev–Trinajstić information content (AvgIpc) is 3.64. The third-order valence-electron chi connectivity index (χ3n) is 8.13. The lowest BCUT2D eigenvalue weighted by molar-refractivity contribution is -0.268. The minimum atomic E-state index is -3.97. The van der Waals surface area contributed by atoms with Crippen molar-refractivity contribution in [2.75, 3.05) is 11.3 Å². The van der Waals surface area contributed by atoms with Gasteiger partial charge in [0.05, 0.1) is 10.6 Å². The van der Waals surface area contributed by atoms with Gasteiger partial charge in [-0.25, -0.2) is 8.42 Å². The van der Waals surface area contributed by atoms with Crippen LogP contribution in [0.4, 0.5) is 5.69 Å².